The van der Waals surface area contributed by atoms with Crippen molar-refractivity contribution in [2.75, 3.05) is 0 Å². The quantitative estimate of drug-likeness (QED) is 0.123. The molecule has 3 nitrogen and oxygen atoms in total. The van der Waals surface area contributed by atoms with Crippen molar-refractivity contribution in [1.82, 2.24) is 0 Å². The molecule has 0 aliphatic heterocycles. The first-order valence-corrected chi connectivity index (χ1v) is 40.2. The summed E-state index contributed by atoms with van der Waals surface area (Å²) in [6, 6.07) is -68.7. The molecule has 30 aromatic rings. The van der Waals surface area contributed by atoms with Gasteiger partial charge >= 0.3 is 0 Å². The molecule has 0 saturated carbocycles. The Bertz CT molecular complexity index is 15200. The minimum atomic E-state index is -0.991. The van der Waals surface area contributed by atoms with Gasteiger partial charge in [-0.3, -0.25) is 0 Å². The molecular formula is C132H78O3. The van der Waals surface area contributed by atoms with E-state index in [2.05, 4.69) is 0 Å². The summed E-state index contributed by atoms with van der Waals surface area (Å²) in [4.78, 5) is 0. The number of rotatable bonds is 6. The van der Waals surface area contributed by atoms with E-state index in [4.69, 9.17) is 85.9 Å². The molecule has 0 N–H and O–H groups in total. The van der Waals surface area contributed by atoms with Gasteiger partial charge < -0.3 is 13.3 Å². The molecule has 27 aromatic carbocycles. The molecule has 30 rings (SSSR count). The summed E-state index contributed by atoms with van der Waals surface area (Å²) in [5.74, 6) is 0. The molecule has 0 amide bonds. The molecule has 3 heterocycles. The summed E-state index contributed by atoms with van der Waals surface area (Å²) in [6.07, 6.45) is 0. The Morgan fingerprint density at radius 3 is 0.704 bits per heavy atom. The predicted octanol–water partition coefficient (Wildman–Crippen LogP) is 38.1. The van der Waals surface area contributed by atoms with E-state index in [0.717, 1.165) is 0 Å². The van der Waals surface area contributed by atoms with Gasteiger partial charge in [0.05, 0.1) is 107 Å². The van der Waals surface area contributed by atoms with Gasteiger partial charge in [0.2, 0.25) is 0 Å². The maximum Gasteiger partial charge on any atom is 0.143 e. The monoisotopic (exact) mass is 1790 g/mol. The van der Waals surface area contributed by atoms with Gasteiger partial charge in [0.1, 0.15) is 33.5 Å². The minimum absolute atomic E-state index is 0.443. The molecule has 0 unspecified atom stereocenters. The molecule has 3 aromatic heterocycles. The van der Waals surface area contributed by atoms with E-state index in [1.165, 1.54) is 0 Å². The third-order valence-corrected chi connectivity index (χ3v) is 23.1. The van der Waals surface area contributed by atoms with E-state index < -0.39 is 765 Å². The number of benzene rings is 27. The largest absolute Gasteiger partial charge is 0.455 e. The Labute approximate surface area is 884 Å². The van der Waals surface area contributed by atoms with Gasteiger partial charge in [0.15, 0.2) is 0 Å². The van der Waals surface area contributed by atoms with Crippen molar-refractivity contribution in [1.29, 1.82) is 0 Å². The first-order chi connectivity index (χ1) is 99.5. The summed E-state index contributed by atoms with van der Waals surface area (Å²) in [7, 11) is 0. The fourth-order valence-corrected chi connectivity index (χ4v) is 17.6. The van der Waals surface area contributed by atoms with Gasteiger partial charge in [-0.2, -0.15) is 0 Å². The van der Waals surface area contributed by atoms with Crippen LogP contribution in [-0.4, -0.2) is 0 Å². The van der Waals surface area contributed by atoms with Crippen LogP contribution >= 0.6 is 0 Å². The average Bonchev–Trinajstić information content (AvgIpc) is 1.49. The van der Waals surface area contributed by atoms with Gasteiger partial charge in [-0.05, 0) is 261 Å². The van der Waals surface area contributed by atoms with Crippen LogP contribution < -0.4 is 0 Å². The van der Waals surface area contributed by atoms with E-state index in [-0.39, 0.29) is 0 Å². The Morgan fingerprint density at radius 2 is 0.341 bits per heavy atom. The van der Waals surface area contributed by atoms with Crippen molar-refractivity contribution in [3.05, 3.63) is 471 Å². The molecule has 624 valence electrons. The first kappa shape index (κ1) is 32.1. The predicted molar refractivity (Wildman–Crippen MR) is 576 cm³/mol. The van der Waals surface area contributed by atoms with Gasteiger partial charge in [-0.1, -0.05) is 423 Å². The van der Waals surface area contributed by atoms with Crippen LogP contribution in [0.25, 0.3) is 294 Å². The fourth-order valence-electron chi connectivity index (χ4n) is 17.6. The maximum absolute atomic E-state index is 9.83. The molecule has 0 aliphatic rings. The van der Waals surface area contributed by atoms with E-state index in [0.29, 0.717) is 0 Å². The van der Waals surface area contributed by atoms with Crippen LogP contribution in [0.4, 0.5) is 0 Å². The van der Waals surface area contributed by atoms with Gasteiger partial charge in [0, 0.05) is 48.5 Å². The zero-order valence-electron chi connectivity index (χ0n) is 145. The highest BCUT2D eigenvalue weighted by Crippen LogP contribution is 2.54. The van der Waals surface area contributed by atoms with Crippen LogP contribution in [0.5, 0.6) is 0 Å². The lowest BCUT2D eigenvalue weighted by molar-refractivity contribution is 0.672. The number of fused-ring (bicyclic) bond motifs is 30. The Balaban J connectivity index is 0.000000140. The van der Waals surface area contributed by atoms with Crippen LogP contribution in [0.15, 0.2) is 485 Å². The smallest absolute Gasteiger partial charge is 0.143 e. The van der Waals surface area contributed by atoms with Crippen molar-refractivity contribution >= 4 is 227 Å². The van der Waals surface area contributed by atoms with E-state index in [1.807, 2.05) is 0 Å². The molecule has 0 saturated heterocycles. The van der Waals surface area contributed by atoms with Crippen molar-refractivity contribution in [2.45, 2.75) is 0 Å². The standard InChI is InChI=1S/3C44H26O/c1-3-14-30-27(11-1)23-24-29-13-9-20-36(40(29)30)41-32-16-5-7-18-34(32)42(35-19-8-6-17-33(35)41)37-21-10-22-39-43(37)38-26-25-28-12-2-4-15-31(28)44(38)45-39;1-3-12-31-27(10-1)20-21-29-26-30(23-24-32(29)31)41-34-14-5-7-16-36(34)42(37-17-8-6-15-35(37)41)38-18-9-19-40-43(38)39-25-22-28-11-2-4-13-33(28)44(39)45-40;1-3-12-31-27(10-1)20-21-29-22-23-30(26-39(29)31)41-33-14-5-7-16-35(33)42(36-17-8-6-15-34(36)41)37-18-9-19-40-43(37)38-25-24-28-11-2-4-13-32(28)44(38)45-40/h3*1-26H/i3*1D,2D,3D,4D,5D,6D,7D,8D,9D,10D,11D,12D,13D,14D,15D,16D,17D,18D,19D,20D,21D,22D,23D,24D,25D,26D. The molecule has 0 spiro atoms. The van der Waals surface area contributed by atoms with Crippen LogP contribution in [0, 0.1) is 0 Å². The SMILES string of the molecule is [2H]c1c([2H])c(-c2c3c([2H])c([2H])c([2H])c([2H])c3c(-c3c([2H])c([2H])c([2H])c4c([2H])c([2H])c5c([2H])c([2H])c([2H])c([2H])c5c34)c3c([2H])c([2H])c([2H])c([2H])c23)c2c(oc3c4c([2H])c([2H])c([2H])c([2H])c4c([2H])c([2H])c32)c1[2H].[2H]c1c([2H])c(-c2c3c([2H])c([2H])c([2H])c([2H])c3c(-c3c([2H])c([2H])c4c([2H])c([2H])c5c([2H])c([2H])c([2H])c([2H])c5c4c3[2H])c3c([2H])c([2H])c([2H])c([2H])c23)c2c(oc3c4c([2H])c([2H])c([2H])c([2H])c4c([2H])c([2H])c32)c1[2H].[2H]c1c([2H])c(-c2c3c([2H])c([2H])c([2H])c([2H])c3c(-c3c([2H])c([2H])c4c(c3[2H])c([2H])c([2H])c3c([2H])c([2H])c([2H])c([2H])c34)c3c([2H])c([2H])c([2H])c([2H])c23)c2c(oc3c4c([2H])c([2H])c([2H])c([2H])c4c([2H])c([2H])c32)c1[2H]. The van der Waals surface area contributed by atoms with E-state index >= 15 is 0 Å². The van der Waals surface area contributed by atoms with Crippen molar-refractivity contribution in [3.8, 4) is 66.8 Å². The van der Waals surface area contributed by atoms with Crippen molar-refractivity contribution < 1.29 is 120 Å². The number of hydrogen-bond donors (Lipinski definition) is 0. The van der Waals surface area contributed by atoms with Crippen molar-refractivity contribution in [3.63, 3.8) is 0 Å². The normalized spacial score (nSPS) is 20.1. The molecule has 0 aliphatic carbocycles. The second-order valence-electron chi connectivity index (χ2n) is 30.0. The number of hydrogen-bond acceptors (Lipinski definition) is 3. The highest BCUT2D eigenvalue weighted by atomic mass is 16.3. The summed E-state index contributed by atoms with van der Waals surface area (Å²) in [6.45, 7) is 0. The fraction of sp³-hybridized carbons (Fsp3) is 0. The lowest BCUT2D eigenvalue weighted by atomic mass is 9.83. The van der Waals surface area contributed by atoms with E-state index in [1.54, 1.807) is 0 Å². The van der Waals surface area contributed by atoms with Crippen LogP contribution in [0.2, 0.25) is 0 Å². The molecule has 0 fully saturated rings. The summed E-state index contributed by atoms with van der Waals surface area (Å²) < 4.78 is 722. The van der Waals surface area contributed by atoms with Crippen molar-refractivity contribution in [2.24, 2.45) is 0 Å². The van der Waals surface area contributed by atoms with Gasteiger partial charge in [0.25, 0.3) is 0 Å². The lowest BCUT2D eigenvalue weighted by Gasteiger charge is -2.19. The molecule has 0 atom stereocenters. The molecule has 0 radical (unpaired) electrons. The van der Waals surface area contributed by atoms with Crippen LogP contribution in [0.1, 0.15) is 107 Å². The van der Waals surface area contributed by atoms with Crippen LogP contribution in [-0.2, 0) is 0 Å². The van der Waals surface area contributed by atoms with Crippen LogP contribution in [0.3, 0.4) is 0 Å². The topological polar surface area (TPSA) is 39.4 Å². The Morgan fingerprint density at radius 1 is 0.126 bits per heavy atom. The Hall–Kier alpha value is -17.8. The highest BCUT2D eigenvalue weighted by molar-refractivity contribution is 6.33. The van der Waals surface area contributed by atoms with Gasteiger partial charge in [-0.15, -0.1) is 0 Å². The van der Waals surface area contributed by atoms with Gasteiger partial charge in [-0.25, -0.2) is 0 Å². The average molecular weight is 1790 g/mol. The third kappa shape index (κ3) is 11.8. The minimum Gasteiger partial charge on any atom is -0.455 e. The third-order valence-electron chi connectivity index (χ3n) is 23.1. The highest BCUT2D eigenvalue weighted by Gasteiger charge is 2.28. The summed E-state index contributed by atoms with van der Waals surface area (Å²) in [5.41, 5.74) is -11.9. The first-order valence-electron chi connectivity index (χ1n) is 79.2. The van der Waals surface area contributed by atoms with E-state index in [9.17, 15) is 34.3 Å². The lowest BCUT2D eigenvalue weighted by Crippen LogP contribution is -1.92. The summed E-state index contributed by atoms with van der Waals surface area (Å²) in [5, 5.41) is -21.1. The second kappa shape index (κ2) is 30.4. The zero-order chi connectivity index (χ0) is 156. The molecule has 0 bridgehead atoms. The molecule has 135 heavy (non-hydrogen) atoms. The maximum atomic E-state index is 9.83. The second-order valence-corrected chi connectivity index (χ2v) is 30.0. The number of furan rings is 3. The molecular weight excluding hydrogens is 1630 g/mol. The summed E-state index contributed by atoms with van der Waals surface area (Å²) >= 11 is 0. The Kier molecular flexibility index (Phi) is 7.23. The zero-order valence-corrected chi connectivity index (χ0v) is 67.2. The molecule has 3 heteroatoms.